The van der Waals surface area contributed by atoms with Crippen molar-refractivity contribution >= 4 is 0 Å². The second-order valence-corrected chi connectivity index (χ2v) is 7.49. The molecule has 0 aromatic rings. The third-order valence-corrected chi connectivity index (χ3v) is 4.08. The van der Waals surface area contributed by atoms with Gasteiger partial charge in [0.25, 0.3) is 0 Å². The largest absolute Gasteiger partial charge is 0.396 e. The van der Waals surface area contributed by atoms with Crippen LogP contribution in [0.15, 0.2) is 0 Å². The Bertz CT molecular complexity index is 225. The molecule has 0 saturated carbocycles. The van der Waals surface area contributed by atoms with Crippen LogP contribution in [0.1, 0.15) is 72.6 Å². The van der Waals surface area contributed by atoms with E-state index in [2.05, 4.69) is 27.7 Å². The first-order valence-corrected chi connectivity index (χ1v) is 7.69. The molecule has 0 atom stereocenters. The minimum atomic E-state index is 0.268. The quantitative estimate of drug-likeness (QED) is 0.440. The predicted octanol–water partition coefficient (Wildman–Crippen LogP) is 4.08. The molecule has 0 radical (unpaired) electrons. The molecular formula is C16H35NO2. The predicted molar refractivity (Wildman–Crippen MR) is 81.4 cm³/mol. The molecule has 19 heavy (non-hydrogen) atoms. The van der Waals surface area contributed by atoms with Crippen molar-refractivity contribution in [1.82, 2.24) is 5.06 Å². The molecule has 3 nitrogen and oxygen atoms in total. The Morgan fingerprint density at radius 2 is 1.26 bits per heavy atom. The third-order valence-electron chi connectivity index (χ3n) is 4.08. The number of nitrogens with zero attached hydrogens (tertiary/aromatic N) is 1. The van der Waals surface area contributed by atoms with Crippen LogP contribution in [0.5, 0.6) is 0 Å². The number of unbranched alkanes of at least 4 members (excludes halogenated alkanes) is 1. The highest BCUT2D eigenvalue weighted by Crippen LogP contribution is 2.33. The molecule has 0 aliphatic carbocycles. The average Bonchev–Trinajstić information content (AvgIpc) is 2.23. The lowest BCUT2D eigenvalue weighted by atomic mass is 9.78. The number of hydroxylamine groups is 2. The minimum Gasteiger partial charge on any atom is -0.396 e. The maximum atomic E-state index is 9.08. The van der Waals surface area contributed by atoms with Crippen LogP contribution < -0.4 is 0 Å². The topological polar surface area (TPSA) is 43.7 Å². The first-order chi connectivity index (χ1) is 8.68. The van der Waals surface area contributed by atoms with E-state index in [9.17, 15) is 0 Å². The normalized spacial score (nSPS) is 13.3. The standard InChI is InChI=1S/C16H35NO2/c1-15(2,9-6-7-13-17(5)19)10-8-11-16(3,4)12-14-18/h18-19H,6-14H2,1-5H3. The van der Waals surface area contributed by atoms with Crippen LogP contribution in [-0.4, -0.2) is 35.6 Å². The molecule has 3 heteroatoms. The summed E-state index contributed by atoms with van der Waals surface area (Å²) in [6.07, 6.45) is 8.04. The van der Waals surface area contributed by atoms with Gasteiger partial charge in [-0.05, 0) is 42.9 Å². The second kappa shape index (κ2) is 8.93. The molecule has 0 bridgehead atoms. The number of rotatable bonds is 11. The van der Waals surface area contributed by atoms with Gasteiger partial charge in [-0.15, -0.1) is 0 Å². The van der Waals surface area contributed by atoms with E-state index in [0.29, 0.717) is 12.0 Å². The summed E-state index contributed by atoms with van der Waals surface area (Å²) in [4.78, 5) is 0. The molecule has 0 aliphatic rings. The Morgan fingerprint density at radius 3 is 1.74 bits per heavy atom. The molecule has 0 aromatic heterocycles. The summed E-state index contributed by atoms with van der Waals surface area (Å²) in [5.74, 6) is 0. The van der Waals surface area contributed by atoms with E-state index in [1.165, 1.54) is 37.2 Å². The lowest BCUT2D eigenvalue weighted by Gasteiger charge is -2.28. The Hall–Kier alpha value is -0.120. The van der Waals surface area contributed by atoms with Crippen molar-refractivity contribution < 1.29 is 10.3 Å². The van der Waals surface area contributed by atoms with Gasteiger partial charge in [0.2, 0.25) is 0 Å². The van der Waals surface area contributed by atoms with E-state index in [1.54, 1.807) is 7.05 Å². The van der Waals surface area contributed by atoms with Crippen LogP contribution >= 0.6 is 0 Å². The third kappa shape index (κ3) is 11.4. The summed E-state index contributed by atoms with van der Waals surface area (Å²) < 4.78 is 0. The van der Waals surface area contributed by atoms with Gasteiger partial charge in [0.05, 0.1) is 0 Å². The molecule has 116 valence electrons. The number of hydrogen-bond acceptors (Lipinski definition) is 3. The monoisotopic (exact) mass is 273 g/mol. The molecule has 0 aromatic carbocycles. The van der Waals surface area contributed by atoms with Gasteiger partial charge in [-0.3, -0.25) is 0 Å². The van der Waals surface area contributed by atoms with Gasteiger partial charge in [0, 0.05) is 20.2 Å². The molecule has 0 spiro atoms. The summed E-state index contributed by atoms with van der Waals surface area (Å²) in [7, 11) is 1.70. The fourth-order valence-electron chi connectivity index (χ4n) is 2.54. The lowest BCUT2D eigenvalue weighted by molar-refractivity contribution is -0.0659. The molecule has 0 saturated heterocycles. The Balaban J connectivity index is 3.78. The van der Waals surface area contributed by atoms with Gasteiger partial charge in [0.1, 0.15) is 0 Å². The maximum absolute atomic E-state index is 9.08. The molecular weight excluding hydrogens is 238 g/mol. The van der Waals surface area contributed by atoms with E-state index < -0.39 is 0 Å². The van der Waals surface area contributed by atoms with Crippen molar-refractivity contribution in [3.63, 3.8) is 0 Å². The van der Waals surface area contributed by atoms with Crippen LogP contribution in [0.3, 0.4) is 0 Å². The summed E-state index contributed by atoms with van der Waals surface area (Å²) in [5, 5.41) is 19.4. The Kier molecular flexibility index (Phi) is 8.88. The van der Waals surface area contributed by atoms with Crippen molar-refractivity contribution in [3.05, 3.63) is 0 Å². The average molecular weight is 273 g/mol. The number of aliphatic hydroxyl groups excluding tert-OH is 1. The highest BCUT2D eigenvalue weighted by Gasteiger charge is 2.21. The highest BCUT2D eigenvalue weighted by atomic mass is 16.5. The first-order valence-electron chi connectivity index (χ1n) is 7.69. The summed E-state index contributed by atoms with van der Waals surface area (Å²) in [6.45, 7) is 10.2. The maximum Gasteiger partial charge on any atom is 0.0436 e. The molecule has 0 heterocycles. The first kappa shape index (κ1) is 18.9. The van der Waals surface area contributed by atoms with Crippen LogP contribution in [0.4, 0.5) is 0 Å². The fraction of sp³-hybridized carbons (Fsp3) is 1.00. The van der Waals surface area contributed by atoms with Gasteiger partial charge in [-0.2, -0.15) is 5.06 Å². The zero-order valence-corrected chi connectivity index (χ0v) is 13.7. The van der Waals surface area contributed by atoms with Crippen molar-refractivity contribution in [2.45, 2.75) is 72.6 Å². The van der Waals surface area contributed by atoms with Crippen LogP contribution in [0.2, 0.25) is 0 Å². The van der Waals surface area contributed by atoms with E-state index in [0.717, 1.165) is 19.4 Å². The van der Waals surface area contributed by atoms with Gasteiger partial charge in [0.15, 0.2) is 0 Å². The van der Waals surface area contributed by atoms with Crippen molar-refractivity contribution in [1.29, 1.82) is 0 Å². The van der Waals surface area contributed by atoms with Crippen LogP contribution in [-0.2, 0) is 0 Å². The molecule has 0 aliphatic heterocycles. The van der Waals surface area contributed by atoms with Crippen LogP contribution in [0, 0.1) is 10.8 Å². The van der Waals surface area contributed by atoms with E-state index in [-0.39, 0.29) is 5.41 Å². The lowest BCUT2D eigenvalue weighted by Crippen LogP contribution is -2.17. The highest BCUT2D eigenvalue weighted by molar-refractivity contribution is 4.73. The second-order valence-electron chi connectivity index (χ2n) is 7.49. The fourth-order valence-corrected chi connectivity index (χ4v) is 2.54. The molecule has 0 amide bonds. The molecule has 2 N–H and O–H groups in total. The van der Waals surface area contributed by atoms with Gasteiger partial charge < -0.3 is 10.3 Å². The smallest absolute Gasteiger partial charge is 0.0436 e. The zero-order valence-electron chi connectivity index (χ0n) is 13.7. The SMILES string of the molecule is CN(O)CCCCC(C)(C)CCCC(C)(C)CCO. The zero-order chi connectivity index (χ0) is 14.9. The molecule has 0 fully saturated rings. The van der Waals surface area contributed by atoms with Gasteiger partial charge >= 0.3 is 0 Å². The van der Waals surface area contributed by atoms with E-state index >= 15 is 0 Å². The van der Waals surface area contributed by atoms with Gasteiger partial charge in [-0.1, -0.05) is 40.5 Å². The van der Waals surface area contributed by atoms with Crippen molar-refractivity contribution in [3.8, 4) is 0 Å². The minimum absolute atomic E-state index is 0.268. The summed E-state index contributed by atoms with van der Waals surface area (Å²) >= 11 is 0. The molecule has 0 rings (SSSR count). The Labute approximate surface area is 120 Å². The Morgan fingerprint density at radius 1 is 0.789 bits per heavy atom. The van der Waals surface area contributed by atoms with E-state index in [4.69, 9.17) is 10.3 Å². The number of hydrogen-bond donors (Lipinski definition) is 2. The summed E-state index contributed by atoms with van der Waals surface area (Å²) in [5.41, 5.74) is 0.660. The van der Waals surface area contributed by atoms with Crippen molar-refractivity contribution in [2.24, 2.45) is 10.8 Å². The molecule has 0 unspecified atom stereocenters. The van der Waals surface area contributed by atoms with Crippen molar-refractivity contribution in [2.75, 3.05) is 20.2 Å². The number of aliphatic hydroxyl groups is 1. The van der Waals surface area contributed by atoms with E-state index in [1.807, 2.05) is 0 Å². The summed E-state index contributed by atoms with van der Waals surface area (Å²) in [6, 6.07) is 0. The van der Waals surface area contributed by atoms with Gasteiger partial charge in [-0.25, -0.2) is 0 Å². The van der Waals surface area contributed by atoms with Crippen LogP contribution in [0.25, 0.3) is 0 Å².